The fraction of sp³-hybridized carbons (Fsp3) is 0.0625. The molecule has 0 amide bonds. The minimum atomic E-state index is -0.0148. The molecular weight excluding hydrogens is 292 g/mol. The zero-order valence-corrected chi connectivity index (χ0v) is 12.1. The van der Waals surface area contributed by atoms with E-state index in [1.807, 2.05) is 35.7 Å². The Morgan fingerprint density at radius 3 is 2.60 bits per heavy atom. The molecule has 1 aromatic heterocycles. The normalized spacial score (nSPS) is 10.7. The average molecular weight is 303 g/mol. The minimum absolute atomic E-state index is 0.0148. The highest BCUT2D eigenvalue weighted by Crippen LogP contribution is 2.31. The number of halogens is 1. The second-order valence-corrected chi connectivity index (χ2v) is 5.64. The van der Waals surface area contributed by atoms with Gasteiger partial charge < -0.3 is 4.74 Å². The average Bonchev–Trinajstić information content (AvgIpc) is 3.01. The van der Waals surface area contributed by atoms with Crippen LogP contribution in [0.1, 0.15) is 9.67 Å². The molecule has 0 aliphatic heterocycles. The van der Waals surface area contributed by atoms with Crippen molar-refractivity contribution in [3.8, 4) is 5.75 Å². The van der Waals surface area contributed by atoms with Crippen molar-refractivity contribution in [1.82, 2.24) is 0 Å². The summed E-state index contributed by atoms with van der Waals surface area (Å²) < 4.78 is 5.66. The van der Waals surface area contributed by atoms with Crippen LogP contribution in [-0.2, 0) is 0 Å². The molecule has 3 rings (SSSR count). The van der Waals surface area contributed by atoms with Crippen molar-refractivity contribution in [2.45, 2.75) is 0 Å². The van der Waals surface area contributed by atoms with Gasteiger partial charge in [-0.05, 0) is 23.6 Å². The number of Topliss-reactive ketones (excluding diaryl/α,β-unsaturated/α-hetero) is 1. The summed E-state index contributed by atoms with van der Waals surface area (Å²) in [5, 5.41) is 4.40. The maximum absolute atomic E-state index is 11.9. The van der Waals surface area contributed by atoms with Gasteiger partial charge in [-0.2, -0.15) is 0 Å². The van der Waals surface area contributed by atoms with E-state index in [2.05, 4.69) is 0 Å². The molecule has 0 aliphatic rings. The van der Waals surface area contributed by atoms with Crippen molar-refractivity contribution in [2.75, 3.05) is 6.61 Å². The summed E-state index contributed by atoms with van der Waals surface area (Å²) in [5.74, 6) is 0.661. The van der Waals surface area contributed by atoms with Crippen molar-refractivity contribution in [1.29, 1.82) is 0 Å². The highest BCUT2D eigenvalue weighted by Gasteiger charge is 2.10. The third-order valence-corrected chi connectivity index (χ3v) is 4.23. The highest BCUT2D eigenvalue weighted by molar-refractivity contribution is 7.12. The summed E-state index contributed by atoms with van der Waals surface area (Å²) in [6, 6.07) is 15.0. The zero-order valence-electron chi connectivity index (χ0n) is 10.5. The number of hydrogen-bond acceptors (Lipinski definition) is 3. The van der Waals surface area contributed by atoms with Gasteiger partial charge in [0.05, 0.1) is 4.88 Å². The van der Waals surface area contributed by atoms with E-state index in [1.54, 1.807) is 18.2 Å². The molecule has 0 aliphatic carbocycles. The van der Waals surface area contributed by atoms with Crippen molar-refractivity contribution >= 4 is 39.5 Å². The van der Waals surface area contributed by atoms with E-state index < -0.39 is 0 Å². The van der Waals surface area contributed by atoms with Gasteiger partial charge in [-0.15, -0.1) is 11.3 Å². The predicted molar refractivity (Wildman–Crippen MR) is 83.1 cm³/mol. The Labute approximate surface area is 125 Å². The van der Waals surface area contributed by atoms with Gasteiger partial charge in [0.2, 0.25) is 5.78 Å². The minimum Gasteiger partial charge on any atom is -0.485 e. The Morgan fingerprint density at radius 1 is 1.05 bits per heavy atom. The number of benzene rings is 2. The second kappa shape index (κ2) is 5.65. The van der Waals surface area contributed by atoms with E-state index in [0.717, 1.165) is 10.8 Å². The van der Waals surface area contributed by atoms with Gasteiger partial charge in [-0.3, -0.25) is 4.79 Å². The van der Waals surface area contributed by atoms with Crippen LogP contribution in [0.25, 0.3) is 10.8 Å². The highest BCUT2D eigenvalue weighted by atomic mass is 35.5. The number of thiophene rings is 1. The molecule has 1 heterocycles. The monoisotopic (exact) mass is 302 g/mol. The van der Waals surface area contributed by atoms with E-state index in [1.165, 1.54) is 11.3 Å². The maximum atomic E-state index is 11.9. The van der Waals surface area contributed by atoms with Crippen LogP contribution in [0.3, 0.4) is 0 Å². The number of carbonyl (C=O) groups is 1. The van der Waals surface area contributed by atoms with Crippen LogP contribution in [0, 0.1) is 0 Å². The van der Waals surface area contributed by atoms with Gasteiger partial charge in [-0.1, -0.05) is 41.9 Å². The lowest BCUT2D eigenvalue weighted by atomic mass is 10.1. The fourth-order valence-electron chi connectivity index (χ4n) is 2.01. The summed E-state index contributed by atoms with van der Waals surface area (Å²) in [6.07, 6.45) is 0. The number of ketones is 1. The number of carbonyl (C=O) groups excluding carboxylic acids is 1. The Kier molecular flexibility index (Phi) is 3.72. The zero-order chi connectivity index (χ0) is 13.9. The first-order valence-corrected chi connectivity index (χ1v) is 7.38. The molecule has 0 spiro atoms. The van der Waals surface area contributed by atoms with Crippen LogP contribution in [-0.4, -0.2) is 12.4 Å². The molecule has 0 atom stereocenters. The molecule has 100 valence electrons. The molecule has 3 aromatic rings. The summed E-state index contributed by atoms with van der Waals surface area (Å²) in [4.78, 5) is 12.7. The van der Waals surface area contributed by atoms with E-state index in [9.17, 15) is 4.79 Å². The van der Waals surface area contributed by atoms with Crippen molar-refractivity contribution in [3.63, 3.8) is 0 Å². The van der Waals surface area contributed by atoms with Crippen LogP contribution in [0.2, 0.25) is 5.02 Å². The fourth-order valence-corrected chi connectivity index (χ4v) is 2.89. The Bertz CT molecular complexity index is 750. The van der Waals surface area contributed by atoms with Gasteiger partial charge in [0.1, 0.15) is 5.75 Å². The molecule has 4 heteroatoms. The van der Waals surface area contributed by atoms with E-state index in [0.29, 0.717) is 15.6 Å². The smallest absolute Gasteiger partial charge is 0.210 e. The number of fused-ring (bicyclic) bond motifs is 1. The van der Waals surface area contributed by atoms with Crippen molar-refractivity contribution in [3.05, 3.63) is 63.8 Å². The van der Waals surface area contributed by atoms with Crippen molar-refractivity contribution < 1.29 is 9.53 Å². The standard InChI is InChI=1S/C16H11ClO2S/c17-13-7-8-15(12-5-2-1-4-11(12)13)19-10-14(18)16-6-3-9-20-16/h1-9H,10H2. The first kappa shape index (κ1) is 13.2. The van der Waals surface area contributed by atoms with Crippen LogP contribution in [0.15, 0.2) is 53.9 Å². The molecule has 2 aromatic carbocycles. The lowest BCUT2D eigenvalue weighted by Gasteiger charge is -2.09. The molecule has 20 heavy (non-hydrogen) atoms. The topological polar surface area (TPSA) is 26.3 Å². The van der Waals surface area contributed by atoms with Gasteiger partial charge >= 0.3 is 0 Å². The summed E-state index contributed by atoms with van der Waals surface area (Å²) >= 11 is 7.57. The van der Waals surface area contributed by atoms with Gasteiger partial charge in [-0.25, -0.2) is 0 Å². The van der Waals surface area contributed by atoms with E-state index in [4.69, 9.17) is 16.3 Å². The lowest BCUT2D eigenvalue weighted by molar-refractivity contribution is 0.0927. The SMILES string of the molecule is O=C(COc1ccc(Cl)c2ccccc12)c1cccs1. The van der Waals surface area contributed by atoms with Crippen LogP contribution < -0.4 is 4.74 Å². The largest absolute Gasteiger partial charge is 0.485 e. The van der Waals surface area contributed by atoms with Gasteiger partial charge in [0, 0.05) is 15.8 Å². The van der Waals surface area contributed by atoms with E-state index in [-0.39, 0.29) is 12.4 Å². The van der Waals surface area contributed by atoms with Gasteiger partial charge in [0.25, 0.3) is 0 Å². The Balaban J connectivity index is 1.85. The third-order valence-electron chi connectivity index (χ3n) is 2.99. The summed E-state index contributed by atoms with van der Waals surface area (Å²) in [5.41, 5.74) is 0. The van der Waals surface area contributed by atoms with Crippen LogP contribution >= 0.6 is 22.9 Å². The molecule has 0 radical (unpaired) electrons. The van der Waals surface area contributed by atoms with Crippen LogP contribution in [0.5, 0.6) is 5.75 Å². The first-order chi connectivity index (χ1) is 9.75. The molecule has 2 nitrogen and oxygen atoms in total. The molecule has 0 saturated carbocycles. The van der Waals surface area contributed by atoms with Gasteiger partial charge in [0.15, 0.2) is 6.61 Å². The van der Waals surface area contributed by atoms with Crippen LogP contribution in [0.4, 0.5) is 0 Å². The predicted octanol–water partition coefficient (Wildman–Crippen LogP) is 4.82. The Hall–Kier alpha value is -1.84. The maximum Gasteiger partial charge on any atom is 0.210 e. The molecule has 0 saturated heterocycles. The second-order valence-electron chi connectivity index (χ2n) is 4.28. The quantitative estimate of drug-likeness (QED) is 0.646. The molecule has 0 bridgehead atoms. The molecule has 0 fully saturated rings. The third kappa shape index (κ3) is 2.55. The summed E-state index contributed by atoms with van der Waals surface area (Å²) in [7, 11) is 0. The van der Waals surface area contributed by atoms with E-state index >= 15 is 0 Å². The number of ether oxygens (including phenoxy) is 1. The Morgan fingerprint density at radius 2 is 1.85 bits per heavy atom. The lowest BCUT2D eigenvalue weighted by Crippen LogP contribution is -2.10. The molecule has 0 N–H and O–H groups in total. The molecule has 0 unspecified atom stereocenters. The first-order valence-electron chi connectivity index (χ1n) is 6.12. The number of hydrogen-bond donors (Lipinski definition) is 0. The van der Waals surface area contributed by atoms with Crippen molar-refractivity contribution in [2.24, 2.45) is 0 Å². The summed E-state index contributed by atoms with van der Waals surface area (Å²) in [6.45, 7) is 0.0339. The number of rotatable bonds is 4. The molecular formula is C16H11ClO2S.